The van der Waals surface area contributed by atoms with Crippen molar-refractivity contribution in [3.05, 3.63) is 35.4 Å². The second kappa shape index (κ2) is 7.66. The summed E-state index contributed by atoms with van der Waals surface area (Å²) in [6.45, 7) is 4.63. The Morgan fingerprint density at radius 3 is 2.50 bits per heavy atom. The summed E-state index contributed by atoms with van der Waals surface area (Å²) >= 11 is 5.04. The first-order chi connectivity index (χ1) is 8.61. The Bertz CT molecular complexity index is 403. The first-order valence-corrected chi connectivity index (χ1v) is 6.41. The van der Waals surface area contributed by atoms with Crippen LogP contribution in [0.2, 0.25) is 0 Å². The number of carbonyl (C=O) groups is 1. The van der Waals surface area contributed by atoms with Gasteiger partial charge in [0.25, 0.3) is 0 Å². The minimum absolute atomic E-state index is 0.0583. The van der Waals surface area contributed by atoms with Crippen molar-refractivity contribution in [1.82, 2.24) is 16.2 Å². The van der Waals surface area contributed by atoms with E-state index in [1.165, 1.54) is 5.56 Å². The number of aryl methyl sites for hydroxylation is 1. The molecule has 5 heteroatoms. The van der Waals surface area contributed by atoms with Crippen molar-refractivity contribution < 1.29 is 4.79 Å². The molecule has 18 heavy (non-hydrogen) atoms. The van der Waals surface area contributed by atoms with E-state index >= 15 is 0 Å². The van der Waals surface area contributed by atoms with E-state index in [4.69, 9.17) is 12.2 Å². The van der Waals surface area contributed by atoms with Gasteiger partial charge in [0.1, 0.15) is 0 Å². The Hall–Kier alpha value is -1.62. The zero-order valence-corrected chi connectivity index (χ0v) is 11.6. The summed E-state index contributed by atoms with van der Waals surface area (Å²) in [5.74, 6) is -0.0583. The predicted molar refractivity (Wildman–Crippen MR) is 76.8 cm³/mol. The molecule has 0 aliphatic rings. The van der Waals surface area contributed by atoms with Crippen LogP contribution in [0.5, 0.6) is 0 Å². The van der Waals surface area contributed by atoms with Gasteiger partial charge in [-0.3, -0.25) is 15.6 Å². The molecule has 0 atom stereocenters. The van der Waals surface area contributed by atoms with Gasteiger partial charge in [0.2, 0.25) is 5.91 Å². The maximum absolute atomic E-state index is 11.2. The molecule has 0 fully saturated rings. The standard InChI is InChI=1S/C13H19N3OS/c1-3-4-12(17)15-16-13(18)14-9-11-7-5-10(2)6-8-11/h5-8H,3-4,9H2,1-2H3,(H,15,17)(H2,14,16,18). The van der Waals surface area contributed by atoms with Gasteiger partial charge in [0, 0.05) is 13.0 Å². The summed E-state index contributed by atoms with van der Waals surface area (Å²) in [4.78, 5) is 11.2. The second-order valence-electron chi connectivity index (χ2n) is 4.09. The SMILES string of the molecule is CCCC(=O)NNC(=S)NCc1ccc(C)cc1. The molecule has 0 radical (unpaired) electrons. The minimum atomic E-state index is -0.0583. The molecule has 1 aromatic rings. The van der Waals surface area contributed by atoms with Crippen LogP contribution in [0.15, 0.2) is 24.3 Å². The van der Waals surface area contributed by atoms with Crippen LogP contribution in [0, 0.1) is 6.92 Å². The second-order valence-corrected chi connectivity index (χ2v) is 4.50. The molecule has 0 saturated carbocycles. The number of benzene rings is 1. The van der Waals surface area contributed by atoms with E-state index in [0.29, 0.717) is 18.1 Å². The normalized spacial score (nSPS) is 9.67. The lowest BCUT2D eigenvalue weighted by molar-refractivity contribution is -0.121. The fourth-order valence-electron chi connectivity index (χ4n) is 1.35. The maximum atomic E-state index is 11.2. The van der Waals surface area contributed by atoms with Crippen LogP contribution in [0.1, 0.15) is 30.9 Å². The Kier molecular flexibility index (Phi) is 6.14. The molecule has 3 N–H and O–H groups in total. The molecule has 4 nitrogen and oxygen atoms in total. The highest BCUT2D eigenvalue weighted by Crippen LogP contribution is 2.02. The molecule has 0 heterocycles. The van der Waals surface area contributed by atoms with Crippen LogP contribution < -0.4 is 16.2 Å². The number of hydrogen-bond acceptors (Lipinski definition) is 2. The van der Waals surface area contributed by atoms with Crippen LogP contribution in [-0.4, -0.2) is 11.0 Å². The van der Waals surface area contributed by atoms with Gasteiger partial charge in [0.15, 0.2) is 5.11 Å². The molecule has 1 amide bonds. The molecule has 0 spiro atoms. The number of hydrazine groups is 1. The fourth-order valence-corrected chi connectivity index (χ4v) is 1.47. The van der Waals surface area contributed by atoms with Crippen molar-refractivity contribution in [2.45, 2.75) is 33.2 Å². The summed E-state index contributed by atoms with van der Waals surface area (Å²) in [6, 6.07) is 8.19. The van der Waals surface area contributed by atoms with Gasteiger partial charge in [-0.1, -0.05) is 36.8 Å². The first kappa shape index (κ1) is 14.4. The summed E-state index contributed by atoms with van der Waals surface area (Å²) in [5.41, 5.74) is 7.58. The van der Waals surface area contributed by atoms with Gasteiger partial charge >= 0.3 is 0 Å². The number of rotatable bonds is 4. The first-order valence-electron chi connectivity index (χ1n) is 6.00. The lowest BCUT2D eigenvalue weighted by Crippen LogP contribution is -2.46. The molecule has 0 unspecified atom stereocenters. The number of thiocarbonyl (C=S) groups is 1. The van der Waals surface area contributed by atoms with Crippen molar-refractivity contribution in [1.29, 1.82) is 0 Å². The van der Waals surface area contributed by atoms with Crippen molar-refractivity contribution in [3.63, 3.8) is 0 Å². The molecule has 1 aromatic carbocycles. The van der Waals surface area contributed by atoms with E-state index in [1.54, 1.807) is 0 Å². The molecule has 0 saturated heterocycles. The predicted octanol–water partition coefficient (Wildman–Crippen LogP) is 1.79. The van der Waals surface area contributed by atoms with Crippen molar-refractivity contribution in [2.75, 3.05) is 0 Å². The van der Waals surface area contributed by atoms with Crippen LogP contribution in [0.4, 0.5) is 0 Å². The quantitative estimate of drug-likeness (QED) is 0.574. The number of carbonyl (C=O) groups excluding carboxylic acids is 1. The van der Waals surface area contributed by atoms with Crippen LogP contribution in [0.3, 0.4) is 0 Å². The zero-order valence-electron chi connectivity index (χ0n) is 10.7. The van der Waals surface area contributed by atoms with Crippen molar-refractivity contribution >= 4 is 23.2 Å². The topological polar surface area (TPSA) is 53.2 Å². The molecule has 0 aliphatic heterocycles. The smallest absolute Gasteiger partial charge is 0.238 e. The molecule has 0 bridgehead atoms. The number of hydrogen-bond donors (Lipinski definition) is 3. The highest BCUT2D eigenvalue weighted by molar-refractivity contribution is 7.80. The van der Waals surface area contributed by atoms with E-state index < -0.39 is 0 Å². The summed E-state index contributed by atoms with van der Waals surface area (Å²) in [5, 5.41) is 3.44. The van der Waals surface area contributed by atoms with Gasteiger partial charge in [-0.05, 0) is 31.1 Å². The zero-order chi connectivity index (χ0) is 13.4. The van der Waals surface area contributed by atoms with Crippen molar-refractivity contribution in [2.24, 2.45) is 0 Å². The summed E-state index contributed by atoms with van der Waals surface area (Å²) in [6.07, 6.45) is 1.31. The summed E-state index contributed by atoms with van der Waals surface area (Å²) < 4.78 is 0. The fraction of sp³-hybridized carbons (Fsp3) is 0.385. The monoisotopic (exact) mass is 265 g/mol. The van der Waals surface area contributed by atoms with E-state index in [1.807, 2.05) is 26.0 Å². The number of amides is 1. The van der Waals surface area contributed by atoms with Crippen LogP contribution >= 0.6 is 12.2 Å². The molecule has 0 aliphatic carbocycles. The van der Waals surface area contributed by atoms with Gasteiger partial charge < -0.3 is 5.32 Å². The summed E-state index contributed by atoms with van der Waals surface area (Å²) in [7, 11) is 0. The average molecular weight is 265 g/mol. The molecular formula is C13H19N3OS. The lowest BCUT2D eigenvalue weighted by atomic mass is 10.1. The van der Waals surface area contributed by atoms with E-state index in [-0.39, 0.29) is 5.91 Å². The third-order valence-corrected chi connectivity index (χ3v) is 2.61. The Labute approximate surface area is 113 Å². The van der Waals surface area contributed by atoms with Crippen LogP contribution in [-0.2, 0) is 11.3 Å². The van der Waals surface area contributed by atoms with E-state index in [0.717, 1.165) is 12.0 Å². The lowest BCUT2D eigenvalue weighted by Gasteiger charge is -2.11. The van der Waals surface area contributed by atoms with Gasteiger partial charge in [0.05, 0.1) is 0 Å². The van der Waals surface area contributed by atoms with Gasteiger partial charge in [-0.2, -0.15) is 0 Å². The number of nitrogens with one attached hydrogen (secondary N) is 3. The average Bonchev–Trinajstić information content (AvgIpc) is 2.36. The van der Waals surface area contributed by atoms with Gasteiger partial charge in [-0.15, -0.1) is 0 Å². The molecule has 98 valence electrons. The van der Waals surface area contributed by atoms with Crippen LogP contribution in [0.25, 0.3) is 0 Å². The Morgan fingerprint density at radius 1 is 1.22 bits per heavy atom. The third-order valence-electron chi connectivity index (χ3n) is 2.37. The molecule has 0 aromatic heterocycles. The van der Waals surface area contributed by atoms with E-state index in [9.17, 15) is 4.79 Å². The van der Waals surface area contributed by atoms with Gasteiger partial charge in [-0.25, -0.2) is 0 Å². The van der Waals surface area contributed by atoms with E-state index in [2.05, 4.69) is 28.3 Å². The molecule has 1 rings (SSSR count). The minimum Gasteiger partial charge on any atom is -0.357 e. The Balaban J connectivity index is 2.24. The highest BCUT2D eigenvalue weighted by atomic mass is 32.1. The molecular weight excluding hydrogens is 246 g/mol. The Morgan fingerprint density at radius 2 is 1.89 bits per heavy atom. The highest BCUT2D eigenvalue weighted by Gasteiger charge is 2.00. The third kappa shape index (κ3) is 5.63. The van der Waals surface area contributed by atoms with Crippen molar-refractivity contribution in [3.8, 4) is 0 Å². The maximum Gasteiger partial charge on any atom is 0.238 e. The largest absolute Gasteiger partial charge is 0.357 e.